The van der Waals surface area contributed by atoms with Crippen molar-refractivity contribution in [1.29, 1.82) is 5.26 Å². The Morgan fingerprint density at radius 2 is 1.12 bits per heavy atom. The molecule has 4 rings (SSSR count). The quantitative estimate of drug-likeness (QED) is 0.0599. The molecule has 15 nitrogen and oxygen atoms in total. The van der Waals surface area contributed by atoms with Gasteiger partial charge in [0.15, 0.2) is 0 Å². The van der Waals surface area contributed by atoms with Gasteiger partial charge in [0.05, 0.1) is 43.8 Å². The molecule has 0 aliphatic heterocycles. The van der Waals surface area contributed by atoms with Crippen LogP contribution >= 0.6 is 23.2 Å². The van der Waals surface area contributed by atoms with Gasteiger partial charge in [-0.25, -0.2) is 0 Å². The van der Waals surface area contributed by atoms with Crippen LogP contribution in [0.5, 0.6) is 0 Å². The van der Waals surface area contributed by atoms with Gasteiger partial charge in [-0.05, 0) is 74.5 Å². The van der Waals surface area contributed by atoms with Crippen molar-refractivity contribution in [3.63, 3.8) is 0 Å². The third-order valence-corrected chi connectivity index (χ3v) is 7.71. The fraction of sp³-hybridized carbons (Fsp3) is 0.235. The van der Waals surface area contributed by atoms with Crippen LogP contribution in [0.3, 0.4) is 0 Å². The number of rotatable bonds is 15. The molecule has 0 radical (unpaired) electrons. The Hall–Kier alpha value is -4.98. The van der Waals surface area contributed by atoms with E-state index < -0.39 is 15.8 Å². The number of carbonyl (C=O) groups is 1. The molecule has 0 aromatic heterocycles. The van der Waals surface area contributed by atoms with Crippen LogP contribution in [0.2, 0.25) is 10.0 Å². The first-order chi connectivity index (χ1) is 24.4. The van der Waals surface area contributed by atoms with E-state index in [1.54, 1.807) is 12.1 Å². The van der Waals surface area contributed by atoms with Crippen molar-refractivity contribution in [2.45, 2.75) is 26.7 Å². The van der Waals surface area contributed by atoms with Crippen molar-refractivity contribution < 1.29 is 49.3 Å². The van der Waals surface area contributed by atoms with E-state index in [1.807, 2.05) is 55.1 Å². The number of benzene rings is 4. The van der Waals surface area contributed by atoms with Gasteiger partial charge in [-0.2, -0.15) is 15.5 Å². The average Bonchev–Trinajstić information content (AvgIpc) is 3.12. The van der Waals surface area contributed by atoms with Crippen LogP contribution in [0.4, 0.5) is 45.5 Å². The second kappa shape index (κ2) is 22.1. The monoisotopic (exact) mass is 755 g/mol. The molecule has 0 aliphatic carbocycles. The van der Waals surface area contributed by atoms with Crippen LogP contribution in [-0.4, -0.2) is 42.0 Å². The molecule has 0 saturated heterocycles. The van der Waals surface area contributed by atoms with Crippen LogP contribution in [0, 0.1) is 31.6 Å². The molecule has 0 fully saturated rings. The van der Waals surface area contributed by atoms with E-state index in [2.05, 4.69) is 31.4 Å². The average molecular weight is 757 g/mol. The third-order valence-electron chi connectivity index (χ3n) is 7.10. The first-order valence-corrected chi connectivity index (χ1v) is 16.2. The standard InChI is InChI=1S/C17H16ClN5O2.C17H17ClN4O4.Na/c1-2-22(11-3-10-19)14-6-4-13(5-7-14)20-21-17-9-8-15(23(24)25)12-16(17)18;1-2-21(10-9-17(23)24)13-5-3-12(4-6-13)19-20-16-8-7-14(22(25)26)11-15(16)18;/h4-9,12H,2-3,11H2,1H3;3-8,11H,2,9-10H2,1H3,(H,23,24);/q;;+1/p-1. The second-order valence-corrected chi connectivity index (χ2v) is 11.2. The van der Waals surface area contributed by atoms with Crippen molar-refractivity contribution >= 4 is 74.7 Å². The molecule has 0 N–H and O–H groups in total. The van der Waals surface area contributed by atoms with Crippen molar-refractivity contribution in [3.8, 4) is 6.07 Å². The molecule has 4 aromatic carbocycles. The van der Waals surface area contributed by atoms with E-state index in [4.69, 9.17) is 28.5 Å². The minimum atomic E-state index is -1.09. The fourth-order valence-corrected chi connectivity index (χ4v) is 4.84. The van der Waals surface area contributed by atoms with E-state index in [0.29, 0.717) is 48.8 Å². The molecular weight excluding hydrogens is 724 g/mol. The number of hydrogen-bond donors (Lipinski definition) is 0. The van der Waals surface area contributed by atoms with Crippen LogP contribution in [0.15, 0.2) is 105 Å². The van der Waals surface area contributed by atoms with Crippen LogP contribution in [0.1, 0.15) is 26.7 Å². The summed E-state index contributed by atoms with van der Waals surface area (Å²) in [5.74, 6) is -1.09. The SMILES string of the molecule is CCN(CCC#N)c1ccc(N=Nc2ccc([N+](=O)[O-])cc2Cl)cc1.CCN(CCC(=O)[O-])c1ccc(N=Nc2ccc([N+](=O)[O-])cc2Cl)cc1.[Na+]. The van der Waals surface area contributed by atoms with E-state index in [0.717, 1.165) is 17.9 Å². The summed E-state index contributed by atoms with van der Waals surface area (Å²) >= 11 is 12.0. The van der Waals surface area contributed by atoms with Crippen molar-refractivity contribution in [1.82, 2.24) is 0 Å². The molecule has 0 saturated carbocycles. The molecule has 0 aliphatic rings. The largest absolute Gasteiger partial charge is 1.00 e. The predicted octanol–water partition coefficient (Wildman–Crippen LogP) is 6.04. The van der Waals surface area contributed by atoms with Gasteiger partial charge in [0.25, 0.3) is 11.4 Å². The number of carboxylic acids is 1. The Bertz CT molecular complexity index is 1920. The Morgan fingerprint density at radius 1 is 0.712 bits per heavy atom. The topological polar surface area (TPSA) is 206 Å². The van der Waals surface area contributed by atoms with E-state index in [9.17, 15) is 30.1 Å². The molecule has 4 aromatic rings. The van der Waals surface area contributed by atoms with Crippen molar-refractivity contribution in [3.05, 3.63) is 115 Å². The predicted molar refractivity (Wildman–Crippen MR) is 193 cm³/mol. The fourth-order valence-electron chi connectivity index (χ4n) is 4.42. The zero-order valence-electron chi connectivity index (χ0n) is 28.6. The number of nitro groups is 2. The van der Waals surface area contributed by atoms with E-state index in [1.165, 1.54) is 36.4 Å². The number of non-ortho nitro benzene ring substituents is 2. The molecule has 0 heterocycles. The summed E-state index contributed by atoms with van der Waals surface area (Å²) in [6.07, 6.45) is 0.419. The Labute approximate surface area is 331 Å². The van der Waals surface area contributed by atoms with Gasteiger partial charge >= 0.3 is 29.6 Å². The Kier molecular flexibility index (Phi) is 18.3. The van der Waals surface area contributed by atoms with Crippen molar-refractivity contribution in [2.24, 2.45) is 20.5 Å². The van der Waals surface area contributed by atoms with E-state index >= 15 is 0 Å². The number of azo groups is 2. The second-order valence-electron chi connectivity index (χ2n) is 10.4. The number of carboxylic acid groups (broad SMARTS) is 1. The maximum absolute atomic E-state index is 10.7. The first-order valence-electron chi connectivity index (χ1n) is 15.4. The molecule has 0 atom stereocenters. The molecule has 52 heavy (non-hydrogen) atoms. The third kappa shape index (κ3) is 13.6. The van der Waals surface area contributed by atoms with E-state index in [-0.39, 0.29) is 57.4 Å². The van der Waals surface area contributed by atoms with Gasteiger partial charge in [-0.3, -0.25) is 20.2 Å². The van der Waals surface area contributed by atoms with Crippen molar-refractivity contribution in [2.75, 3.05) is 36.0 Å². The molecule has 0 unspecified atom stereocenters. The number of anilines is 2. The summed E-state index contributed by atoms with van der Waals surface area (Å²) in [5, 5.41) is 57.2. The number of halogens is 2. The summed E-state index contributed by atoms with van der Waals surface area (Å²) in [5.41, 5.74) is 3.55. The molecule has 264 valence electrons. The van der Waals surface area contributed by atoms with Gasteiger partial charge in [0.2, 0.25) is 0 Å². The van der Waals surface area contributed by atoms with Gasteiger partial charge in [-0.15, -0.1) is 10.2 Å². The molecule has 0 bridgehead atoms. The van der Waals surface area contributed by atoms with Crippen LogP contribution < -0.4 is 44.5 Å². The molecule has 0 spiro atoms. The minimum Gasteiger partial charge on any atom is -0.550 e. The number of carbonyl (C=O) groups excluding carboxylic acids is 1. The summed E-state index contributed by atoms with van der Waals surface area (Å²) < 4.78 is 0. The minimum absolute atomic E-state index is 0. The molecule has 18 heteroatoms. The van der Waals surface area contributed by atoms with Crippen LogP contribution in [0.25, 0.3) is 0 Å². The number of aliphatic carboxylic acids is 1. The van der Waals surface area contributed by atoms with Crippen LogP contribution in [-0.2, 0) is 4.79 Å². The number of nitriles is 1. The number of hydrogen-bond acceptors (Lipinski definition) is 13. The summed E-state index contributed by atoms with van der Waals surface area (Å²) in [6.45, 7) is 6.46. The maximum atomic E-state index is 10.7. The summed E-state index contributed by atoms with van der Waals surface area (Å²) in [6, 6.07) is 24.7. The molecule has 0 amide bonds. The normalized spacial score (nSPS) is 10.5. The van der Waals surface area contributed by atoms with Gasteiger partial charge in [0, 0.05) is 74.2 Å². The first kappa shape index (κ1) is 43.2. The zero-order chi connectivity index (χ0) is 37.3. The smallest absolute Gasteiger partial charge is 0.550 e. The summed E-state index contributed by atoms with van der Waals surface area (Å²) in [7, 11) is 0. The van der Waals surface area contributed by atoms with Gasteiger partial charge in [-0.1, -0.05) is 23.2 Å². The Balaban J connectivity index is 0.000000354. The zero-order valence-corrected chi connectivity index (χ0v) is 32.1. The maximum Gasteiger partial charge on any atom is 1.00 e. The summed E-state index contributed by atoms with van der Waals surface area (Å²) in [4.78, 5) is 34.9. The molecular formula is C34H32Cl2N9NaO6. The van der Waals surface area contributed by atoms with Gasteiger partial charge in [0.1, 0.15) is 11.4 Å². The number of nitro benzene ring substituents is 2. The number of nitrogens with zero attached hydrogens (tertiary/aromatic N) is 9. The van der Waals surface area contributed by atoms with Gasteiger partial charge < -0.3 is 19.7 Å². The Morgan fingerprint density at radius 3 is 1.44 bits per heavy atom.